The van der Waals surface area contributed by atoms with Gasteiger partial charge in [0.1, 0.15) is 22.9 Å². The second-order valence-corrected chi connectivity index (χ2v) is 5.69. The number of hydrogen-bond donors (Lipinski definition) is 2. The van der Waals surface area contributed by atoms with Crippen LogP contribution in [0.2, 0.25) is 0 Å². The third-order valence-corrected chi connectivity index (χ3v) is 4.03. The van der Waals surface area contributed by atoms with E-state index in [9.17, 15) is 13.6 Å². The number of hydrogen-bond acceptors (Lipinski definition) is 4. The molecule has 1 aromatic heterocycles. The Kier molecular flexibility index (Phi) is 5.07. The number of halogens is 2. The molecule has 1 amide bonds. The van der Waals surface area contributed by atoms with Crippen LogP contribution in [0.4, 0.5) is 14.5 Å². The van der Waals surface area contributed by atoms with Crippen LogP contribution in [0.5, 0.6) is 11.5 Å². The highest BCUT2D eigenvalue weighted by Gasteiger charge is 2.21. The van der Waals surface area contributed by atoms with Crippen molar-refractivity contribution in [3.63, 3.8) is 0 Å². The first-order valence-electron chi connectivity index (χ1n) is 7.99. The second-order valence-electron chi connectivity index (χ2n) is 5.69. The van der Waals surface area contributed by atoms with Crippen molar-refractivity contribution in [2.45, 2.75) is 6.92 Å². The average molecular weight is 373 g/mol. The molecule has 0 saturated heterocycles. The summed E-state index contributed by atoms with van der Waals surface area (Å²) in [6.07, 6.45) is 0. The fourth-order valence-electron chi connectivity index (χ4n) is 2.67. The van der Waals surface area contributed by atoms with Crippen LogP contribution < -0.4 is 14.8 Å². The normalized spacial score (nSPS) is 10.6. The van der Waals surface area contributed by atoms with Crippen molar-refractivity contribution in [3.05, 3.63) is 59.3 Å². The van der Waals surface area contributed by atoms with Crippen LogP contribution in [0.25, 0.3) is 11.3 Å². The zero-order valence-electron chi connectivity index (χ0n) is 14.9. The van der Waals surface area contributed by atoms with E-state index < -0.39 is 23.1 Å². The van der Waals surface area contributed by atoms with Gasteiger partial charge in [-0.25, -0.2) is 8.78 Å². The monoisotopic (exact) mass is 373 g/mol. The number of rotatable bonds is 5. The average Bonchev–Trinajstić information content (AvgIpc) is 3.01. The number of aryl methyl sites for hydroxylation is 1. The molecule has 0 saturated carbocycles. The standard InChI is InChI=1S/C19H17F2N3O3/c1-10-17(22-19(25)16-12(20)5-4-6-13(16)21)18(24-23-10)11-7-8-14(26-2)15(9-11)27-3/h4-9H,1-3H3,(H,22,25)(H,23,24). The summed E-state index contributed by atoms with van der Waals surface area (Å²) >= 11 is 0. The molecular formula is C19H17F2N3O3. The van der Waals surface area contributed by atoms with Gasteiger partial charge in [-0.1, -0.05) is 6.07 Å². The molecule has 3 aromatic rings. The van der Waals surface area contributed by atoms with Gasteiger partial charge in [-0.2, -0.15) is 5.10 Å². The smallest absolute Gasteiger partial charge is 0.261 e. The largest absolute Gasteiger partial charge is 0.493 e. The molecule has 0 atom stereocenters. The number of benzene rings is 2. The van der Waals surface area contributed by atoms with Gasteiger partial charge in [-0.3, -0.25) is 9.89 Å². The highest BCUT2D eigenvalue weighted by Crippen LogP contribution is 2.35. The molecule has 8 heteroatoms. The number of nitrogens with one attached hydrogen (secondary N) is 2. The van der Waals surface area contributed by atoms with E-state index in [0.29, 0.717) is 34.1 Å². The summed E-state index contributed by atoms with van der Waals surface area (Å²) in [6.45, 7) is 1.69. The molecule has 140 valence electrons. The quantitative estimate of drug-likeness (QED) is 0.710. The van der Waals surface area contributed by atoms with Crippen LogP contribution in [0.1, 0.15) is 16.1 Å². The lowest BCUT2D eigenvalue weighted by atomic mass is 10.1. The predicted octanol–water partition coefficient (Wildman–Crippen LogP) is 3.93. The molecule has 0 aliphatic rings. The van der Waals surface area contributed by atoms with E-state index in [1.807, 2.05) is 0 Å². The number of carbonyl (C=O) groups is 1. The lowest BCUT2D eigenvalue weighted by molar-refractivity contribution is 0.101. The van der Waals surface area contributed by atoms with Crippen molar-refractivity contribution in [2.24, 2.45) is 0 Å². The van der Waals surface area contributed by atoms with Gasteiger partial charge in [-0.15, -0.1) is 0 Å². The first kappa shape index (κ1) is 18.4. The van der Waals surface area contributed by atoms with Gasteiger partial charge >= 0.3 is 0 Å². The van der Waals surface area contributed by atoms with Crippen LogP contribution in [0.15, 0.2) is 36.4 Å². The summed E-state index contributed by atoms with van der Waals surface area (Å²) in [4.78, 5) is 12.4. The molecular weight excluding hydrogens is 356 g/mol. The van der Waals surface area contributed by atoms with E-state index >= 15 is 0 Å². The topological polar surface area (TPSA) is 76.2 Å². The molecule has 27 heavy (non-hydrogen) atoms. The lowest BCUT2D eigenvalue weighted by Crippen LogP contribution is -2.16. The summed E-state index contributed by atoms with van der Waals surface area (Å²) in [5.41, 5.74) is 1.22. The summed E-state index contributed by atoms with van der Waals surface area (Å²) < 4.78 is 38.2. The van der Waals surface area contributed by atoms with E-state index in [4.69, 9.17) is 9.47 Å². The molecule has 6 nitrogen and oxygen atoms in total. The molecule has 0 fully saturated rings. The fraction of sp³-hybridized carbons (Fsp3) is 0.158. The van der Waals surface area contributed by atoms with Crippen molar-refractivity contribution in [3.8, 4) is 22.8 Å². The van der Waals surface area contributed by atoms with Crippen molar-refractivity contribution in [1.82, 2.24) is 10.2 Å². The van der Waals surface area contributed by atoms with Crippen LogP contribution in [-0.4, -0.2) is 30.3 Å². The van der Waals surface area contributed by atoms with E-state index in [1.165, 1.54) is 20.3 Å². The molecule has 1 heterocycles. The van der Waals surface area contributed by atoms with Gasteiger partial charge in [0, 0.05) is 5.56 Å². The summed E-state index contributed by atoms with van der Waals surface area (Å²) in [6, 6.07) is 8.36. The van der Waals surface area contributed by atoms with Gasteiger partial charge in [0.25, 0.3) is 5.91 Å². The minimum Gasteiger partial charge on any atom is -0.493 e. The number of H-pyrrole nitrogens is 1. The molecule has 0 spiro atoms. The van der Waals surface area contributed by atoms with E-state index in [-0.39, 0.29) is 0 Å². The van der Waals surface area contributed by atoms with Crippen LogP contribution in [0.3, 0.4) is 0 Å². The number of anilines is 1. The molecule has 3 rings (SSSR count). The first-order valence-corrected chi connectivity index (χ1v) is 7.99. The molecule has 2 aromatic carbocycles. The van der Waals surface area contributed by atoms with Crippen LogP contribution in [0, 0.1) is 18.6 Å². The molecule has 0 radical (unpaired) electrons. The summed E-state index contributed by atoms with van der Waals surface area (Å²) in [5, 5.41) is 9.49. The van der Waals surface area contributed by atoms with Crippen molar-refractivity contribution in [2.75, 3.05) is 19.5 Å². The Morgan fingerprint density at radius 3 is 2.37 bits per heavy atom. The number of nitrogens with zero attached hydrogens (tertiary/aromatic N) is 1. The Balaban J connectivity index is 2.00. The van der Waals surface area contributed by atoms with E-state index in [2.05, 4.69) is 15.5 Å². The fourth-order valence-corrected chi connectivity index (χ4v) is 2.67. The van der Waals surface area contributed by atoms with Gasteiger partial charge in [0.15, 0.2) is 11.5 Å². The lowest BCUT2D eigenvalue weighted by Gasteiger charge is -2.11. The number of methoxy groups -OCH3 is 2. The Morgan fingerprint density at radius 1 is 1.07 bits per heavy atom. The zero-order chi connectivity index (χ0) is 19.6. The van der Waals surface area contributed by atoms with Gasteiger partial charge in [0.2, 0.25) is 0 Å². The van der Waals surface area contributed by atoms with Crippen molar-refractivity contribution in [1.29, 1.82) is 0 Å². The predicted molar refractivity (Wildman–Crippen MR) is 96.2 cm³/mol. The molecule has 2 N–H and O–H groups in total. The van der Waals surface area contributed by atoms with Crippen LogP contribution >= 0.6 is 0 Å². The van der Waals surface area contributed by atoms with Crippen molar-refractivity contribution >= 4 is 11.6 Å². The Labute approximate surface area is 154 Å². The number of amides is 1. The first-order chi connectivity index (χ1) is 13.0. The Hall–Kier alpha value is -3.42. The SMILES string of the molecule is COc1ccc(-c2n[nH]c(C)c2NC(=O)c2c(F)cccc2F)cc1OC. The Morgan fingerprint density at radius 2 is 1.74 bits per heavy atom. The minimum absolute atomic E-state index is 0.315. The minimum atomic E-state index is -0.943. The zero-order valence-corrected chi connectivity index (χ0v) is 14.9. The van der Waals surface area contributed by atoms with Crippen molar-refractivity contribution < 1.29 is 23.0 Å². The maximum Gasteiger partial charge on any atom is 0.261 e. The number of aromatic nitrogens is 2. The van der Waals surface area contributed by atoms with Gasteiger partial charge in [0.05, 0.1) is 25.6 Å². The second kappa shape index (κ2) is 7.45. The molecule has 0 bridgehead atoms. The third-order valence-electron chi connectivity index (χ3n) is 4.03. The third kappa shape index (κ3) is 3.46. The van der Waals surface area contributed by atoms with E-state index in [1.54, 1.807) is 25.1 Å². The highest BCUT2D eigenvalue weighted by atomic mass is 19.1. The van der Waals surface area contributed by atoms with Gasteiger partial charge < -0.3 is 14.8 Å². The molecule has 0 aliphatic carbocycles. The molecule has 0 unspecified atom stereocenters. The maximum atomic E-state index is 13.9. The van der Waals surface area contributed by atoms with E-state index in [0.717, 1.165) is 12.1 Å². The maximum absolute atomic E-state index is 13.9. The number of aromatic amines is 1. The number of carbonyl (C=O) groups excluding carboxylic acids is 1. The van der Waals surface area contributed by atoms with Gasteiger partial charge in [-0.05, 0) is 37.3 Å². The van der Waals surface area contributed by atoms with Crippen LogP contribution in [-0.2, 0) is 0 Å². The Bertz CT molecular complexity index is 982. The summed E-state index contributed by atoms with van der Waals surface area (Å²) in [5.74, 6) is -1.78. The summed E-state index contributed by atoms with van der Waals surface area (Å²) in [7, 11) is 3.02. The molecule has 0 aliphatic heterocycles. The number of ether oxygens (including phenoxy) is 2. The highest BCUT2D eigenvalue weighted by molar-refractivity contribution is 6.06.